The van der Waals surface area contributed by atoms with Gasteiger partial charge in [0.05, 0.1) is 28.0 Å². The quantitative estimate of drug-likeness (QED) is 0.266. The van der Waals surface area contributed by atoms with Gasteiger partial charge in [-0.15, -0.1) is 0 Å². The number of aromatic nitrogens is 4. The number of halogens is 6. The van der Waals surface area contributed by atoms with Gasteiger partial charge in [0.15, 0.2) is 11.5 Å². The van der Waals surface area contributed by atoms with Crippen molar-refractivity contribution >= 4 is 35.1 Å². The number of nitrogens with two attached hydrogens (primary N) is 1. The Morgan fingerprint density at radius 1 is 1.10 bits per heavy atom. The summed E-state index contributed by atoms with van der Waals surface area (Å²) in [6.07, 6.45) is -1.11. The molecule has 1 aliphatic heterocycles. The van der Waals surface area contributed by atoms with Gasteiger partial charge in [-0.1, -0.05) is 11.6 Å². The van der Waals surface area contributed by atoms with E-state index in [0.717, 1.165) is 29.8 Å². The van der Waals surface area contributed by atoms with Crippen LogP contribution in [0.25, 0.3) is 11.3 Å². The number of hydrogen-bond donors (Lipinski definition) is 4. The summed E-state index contributed by atoms with van der Waals surface area (Å²) in [5, 5.41) is 11.9. The molecule has 4 amide bonds. The lowest BCUT2D eigenvalue weighted by Gasteiger charge is -2.41. The van der Waals surface area contributed by atoms with E-state index < -0.39 is 53.2 Å². The fourth-order valence-corrected chi connectivity index (χ4v) is 6.25. The first kappa shape index (κ1) is 33.6. The number of anilines is 1. The van der Waals surface area contributed by atoms with Gasteiger partial charge >= 0.3 is 12.2 Å². The summed E-state index contributed by atoms with van der Waals surface area (Å²) >= 11 is 6.42. The number of carbonyl (C=O) groups is 3. The van der Waals surface area contributed by atoms with Crippen molar-refractivity contribution in [3.05, 3.63) is 52.7 Å². The van der Waals surface area contributed by atoms with Crippen molar-refractivity contribution < 1.29 is 36.3 Å². The number of urea groups is 1. The predicted molar refractivity (Wildman–Crippen MR) is 164 cm³/mol. The molecule has 12 nitrogen and oxygen atoms in total. The molecule has 258 valence electrons. The minimum Gasteiger partial charge on any atom is -0.347 e. The maximum atomic E-state index is 13.8. The van der Waals surface area contributed by atoms with Crippen LogP contribution < -0.4 is 21.7 Å². The summed E-state index contributed by atoms with van der Waals surface area (Å²) < 4.78 is 70.1. The van der Waals surface area contributed by atoms with Gasteiger partial charge in [0, 0.05) is 56.1 Å². The fraction of sp³-hybridized carbons (Fsp3) is 0.500. The highest BCUT2D eigenvalue weighted by atomic mass is 35.5. The Bertz CT molecular complexity index is 1760. The van der Waals surface area contributed by atoms with E-state index in [1.54, 1.807) is 4.90 Å². The molecule has 2 saturated carbocycles. The van der Waals surface area contributed by atoms with E-state index >= 15 is 0 Å². The summed E-state index contributed by atoms with van der Waals surface area (Å²) in [7, 11) is 1.31. The molecule has 1 atom stereocenters. The third-order valence-corrected chi connectivity index (χ3v) is 9.44. The Hall–Kier alpha value is -4.25. The Morgan fingerprint density at radius 2 is 1.77 bits per heavy atom. The summed E-state index contributed by atoms with van der Waals surface area (Å²) in [6.45, 7) is 2.79. The second-order valence-electron chi connectivity index (χ2n) is 12.9. The lowest BCUT2D eigenvalue weighted by molar-refractivity contribution is -0.141. The molecule has 3 aliphatic rings. The van der Waals surface area contributed by atoms with Gasteiger partial charge in [-0.2, -0.15) is 18.3 Å². The lowest BCUT2D eigenvalue weighted by atomic mass is 9.87. The normalized spacial score (nSPS) is 22.9. The van der Waals surface area contributed by atoms with Crippen molar-refractivity contribution in [3.63, 3.8) is 0 Å². The van der Waals surface area contributed by atoms with Crippen LogP contribution in [0, 0.1) is 0 Å². The maximum Gasteiger partial charge on any atom is 0.435 e. The molecule has 18 heteroatoms. The minimum absolute atomic E-state index is 0.0315. The minimum atomic E-state index is -4.95. The molecule has 3 aromatic rings. The van der Waals surface area contributed by atoms with Crippen molar-refractivity contribution in [1.29, 1.82) is 0 Å². The second kappa shape index (κ2) is 12.0. The molecule has 2 aromatic heterocycles. The van der Waals surface area contributed by atoms with Gasteiger partial charge in [0.1, 0.15) is 6.04 Å². The highest BCUT2D eigenvalue weighted by Crippen LogP contribution is 2.53. The summed E-state index contributed by atoms with van der Waals surface area (Å²) in [5.41, 5.74) is 3.49. The topological polar surface area (TPSA) is 152 Å². The standard InChI is InChI=1S/C30H33ClF5N9O3/c1-28(5-7-44(8-6-28)27(48)40-17-9-15(37)10-17)41-25(46)18-4-3-16(11-20(18)31)39-26(47)24-38-13-21(43(24)2)19-14-45(22-12-29(22,32)33)42-23(19)30(34,35)36/h3-4,11,13-15,17,22H,5-10,12,37H2,1-2H3,(H,39,47)(H,40,48)(H,41,46)/t15?,17?,22-/m1/s1. The molecule has 1 saturated heterocycles. The first-order chi connectivity index (χ1) is 22.4. The summed E-state index contributed by atoms with van der Waals surface area (Å²) in [4.78, 5) is 44.5. The summed E-state index contributed by atoms with van der Waals surface area (Å²) in [5.74, 6) is -4.67. The number of benzene rings is 1. The smallest absolute Gasteiger partial charge is 0.347 e. The zero-order valence-corrected chi connectivity index (χ0v) is 26.6. The van der Waals surface area contributed by atoms with Crippen LogP contribution in [0.4, 0.5) is 32.4 Å². The van der Waals surface area contributed by atoms with Crippen LogP contribution in [-0.4, -0.2) is 78.7 Å². The zero-order valence-electron chi connectivity index (χ0n) is 25.9. The van der Waals surface area contributed by atoms with Gasteiger partial charge in [-0.3, -0.25) is 14.3 Å². The van der Waals surface area contributed by atoms with E-state index in [4.69, 9.17) is 17.3 Å². The number of piperidine rings is 1. The average Bonchev–Trinajstić information content (AvgIpc) is 3.28. The van der Waals surface area contributed by atoms with E-state index in [-0.39, 0.29) is 45.9 Å². The molecule has 48 heavy (non-hydrogen) atoms. The van der Waals surface area contributed by atoms with Gasteiger partial charge in [-0.05, 0) is 50.8 Å². The summed E-state index contributed by atoms with van der Waals surface area (Å²) in [6, 6.07) is 2.79. The number of carbonyl (C=O) groups excluding carboxylic acids is 3. The van der Waals surface area contributed by atoms with Crippen LogP contribution in [0.2, 0.25) is 5.02 Å². The molecule has 0 unspecified atom stereocenters. The Balaban J connectivity index is 1.09. The van der Waals surface area contributed by atoms with Gasteiger partial charge < -0.3 is 31.2 Å². The molecule has 1 aromatic carbocycles. The first-order valence-corrected chi connectivity index (χ1v) is 15.6. The fourth-order valence-electron chi connectivity index (χ4n) is 5.98. The SMILES string of the molecule is Cn1c(-c2cn([C@@H]3CC3(F)F)nc2C(F)(F)F)cnc1C(=O)Nc1ccc(C(=O)NC2(C)CCN(C(=O)NC3CC(N)C3)CC2)c(Cl)c1. The maximum absolute atomic E-state index is 13.8. The van der Waals surface area contributed by atoms with Crippen molar-refractivity contribution in [2.45, 2.75) is 74.8 Å². The van der Waals surface area contributed by atoms with Crippen LogP contribution in [0.3, 0.4) is 0 Å². The predicted octanol–water partition coefficient (Wildman–Crippen LogP) is 4.57. The third-order valence-electron chi connectivity index (χ3n) is 9.12. The number of hydrogen-bond acceptors (Lipinski definition) is 6. The second-order valence-corrected chi connectivity index (χ2v) is 13.3. The molecule has 2 aliphatic carbocycles. The van der Waals surface area contributed by atoms with Crippen molar-refractivity contribution in [1.82, 2.24) is 34.9 Å². The molecule has 0 radical (unpaired) electrons. The van der Waals surface area contributed by atoms with Crippen LogP contribution in [0.5, 0.6) is 0 Å². The molecular formula is C30H33ClF5N9O3. The van der Waals surface area contributed by atoms with Gasteiger partial charge in [0.25, 0.3) is 17.7 Å². The van der Waals surface area contributed by atoms with Crippen molar-refractivity contribution in [3.8, 4) is 11.3 Å². The van der Waals surface area contributed by atoms with Crippen LogP contribution in [0.1, 0.15) is 71.7 Å². The van der Waals surface area contributed by atoms with E-state index in [9.17, 15) is 36.3 Å². The van der Waals surface area contributed by atoms with E-state index in [2.05, 4.69) is 26.0 Å². The Morgan fingerprint density at radius 3 is 2.35 bits per heavy atom. The van der Waals surface area contributed by atoms with Crippen LogP contribution in [0.15, 0.2) is 30.6 Å². The van der Waals surface area contributed by atoms with E-state index in [0.29, 0.717) is 30.6 Å². The molecular weight excluding hydrogens is 665 g/mol. The lowest BCUT2D eigenvalue weighted by Crippen LogP contribution is -2.58. The highest BCUT2D eigenvalue weighted by Gasteiger charge is 2.59. The molecule has 6 rings (SSSR count). The number of nitrogens with one attached hydrogen (secondary N) is 3. The number of imidazole rings is 1. The Kier molecular flexibility index (Phi) is 8.42. The number of alkyl halides is 5. The number of amides is 4. The zero-order chi connectivity index (χ0) is 34.8. The Labute approximate surface area is 276 Å². The van der Waals surface area contributed by atoms with E-state index in [1.165, 1.54) is 25.2 Å². The monoisotopic (exact) mass is 697 g/mol. The third kappa shape index (κ3) is 6.70. The molecule has 0 bridgehead atoms. The largest absolute Gasteiger partial charge is 0.435 e. The van der Waals surface area contributed by atoms with Gasteiger partial charge in [0.2, 0.25) is 0 Å². The van der Waals surface area contributed by atoms with E-state index in [1.807, 2.05) is 6.92 Å². The molecule has 0 spiro atoms. The molecule has 3 fully saturated rings. The number of likely N-dealkylation sites (tertiary alicyclic amines) is 1. The van der Waals surface area contributed by atoms with Crippen LogP contribution >= 0.6 is 11.6 Å². The first-order valence-electron chi connectivity index (χ1n) is 15.2. The van der Waals surface area contributed by atoms with Gasteiger partial charge in [-0.25, -0.2) is 18.6 Å². The average molecular weight is 698 g/mol. The molecule has 3 heterocycles. The molecule has 5 N–H and O–H groups in total. The number of rotatable bonds is 7. The number of nitrogens with zero attached hydrogens (tertiary/aromatic N) is 5. The highest BCUT2D eigenvalue weighted by molar-refractivity contribution is 6.34. The van der Waals surface area contributed by atoms with Crippen LogP contribution in [-0.2, 0) is 13.2 Å². The van der Waals surface area contributed by atoms with Crippen molar-refractivity contribution in [2.75, 3.05) is 18.4 Å². The van der Waals surface area contributed by atoms with Crippen molar-refractivity contribution in [2.24, 2.45) is 12.8 Å².